The molecule has 1 unspecified atom stereocenters. The Labute approximate surface area is 104 Å². The molecule has 0 saturated heterocycles. The highest BCUT2D eigenvalue weighted by Gasteiger charge is 2.09. The molecule has 1 aromatic rings. The van der Waals surface area contributed by atoms with Crippen molar-refractivity contribution < 1.29 is 9.47 Å². The zero-order valence-electron chi connectivity index (χ0n) is 10.8. The van der Waals surface area contributed by atoms with Crippen molar-refractivity contribution >= 4 is 0 Å². The summed E-state index contributed by atoms with van der Waals surface area (Å²) in [5.74, 6) is 0. The molecule has 0 spiro atoms. The molecule has 0 bridgehead atoms. The third-order valence-electron chi connectivity index (χ3n) is 2.60. The molecular weight excluding hydrogens is 214 g/mol. The van der Waals surface area contributed by atoms with Gasteiger partial charge in [-0.1, -0.05) is 30.3 Å². The Hall–Kier alpha value is -0.900. The number of rotatable bonds is 9. The lowest BCUT2D eigenvalue weighted by Crippen LogP contribution is -2.26. The van der Waals surface area contributed by atoms with E-state index in [0.29, 0.717) is 6.61 Å². The second-order valence-electron chi connectivity index (χ2n) is 3.92. The van der Waals surface area contributed by atoms with Crippen LogP contribution in [0.3, 0.4) is 0 Å². The van der Waals surface area contributed by atoms with E-state index in [-0.39, 0.29) is 6.04 Å². The van der Waals surface area contributed by atoms with Gasteiger partial charge < -0.3 is 14.8 Å². The second kappa shape index (κ2) is 9.16. The highest BCUT2D eigenvalue weighted by atomic mass is 16.5. The highest BCUT2D eigenvalue weighted by Crippen LogP contribution is 2.12. The topological polar surface area (TPSA) is 30.5 Å². The molecule has 1 atom stereocenters. The first-order valence-corrected chi connectivity index (χ1v) is 6.23. The minimum atomic E-state index is 0.267. The van der Waals surface area contributed by atoms with Crippen molar-refractivity contribution in [2.24, 2.45) is 0 Å². The van der Waals surface area contributed by atoms with Crippen LogP contribution in [0.1, 0.15) is 24.9 Å². The van der Waals surface area contributed by atoms with Crippen LogP contribution in [0.2, 0.25) is 0 Å². The van der Waals surface area contributed by atoms with E-state index in [1.165, 1.54) is 5.56 Å². The van der Waals surface area contributed by atoms with Crippen LogP contribution in [0.25, 0.3) is 0 Å². The van der Waals surface area contributed by atoms with Gasteiger partial charge >= 0.3 is 0 Å². The van der Waals surface area contributed by atoms with Crippen LogP contribution in [0.5, 0.6) is 0 Å². The summed E-state index contributed by atoms with van der Waals surface area (Å²) in [7, 11) is 1.73. The normalized spacial score (nSPS) is 12.6. The molecule has 1 N–H and O–H groups in total. The van der Waals surface area contributed by atoms with Crippen molar-refractivity contribution in [1.29, 1.82) is 0 Å². The lowest BCUT2D eigenvalue weighted by atomic mass is 10.1. The molecule has 0 aromatic heterocycles. The summed E-state index contributed by atoms with van der Waals surface area (Å²) in [6.45, 7) is 5.27. The summed E-state index contributed by atoms with van der Waals surface area (Å²) in [6, 6.07) is 10.7. The molecule has 0 aliphatic heterocycles. The van der Waals surface area contributed by atoms with Gasteiger partial charge in [-0.3, -0.25) is 0 Å². The zero-order chi connectivity index (χ0) is 12.3. The average Bonchev–Trinajstić information content (AvgIpc) is 2.38. The predicted molar refractivity (Wildman–Crippen MR) is 70.2 cm³/mol. The van der Waals surface area contributed by atoms with E-state index in [1.54, 1.807) is 7.11 Å². The Morgan fingerprint density at radius 2 is 2.00 bits per heavy atom. The lowest BCUT2D eigenvalue weighted by Gasteiger charge is -2.18. The second-order valence-corrected chi connectivity index (χ2v) is 3.92. The van der Waals surface area contributed by atoms with Crippen molar-refractivity contribution in [3.05, 3.63) is 35.9 Å². The van der Waals surface area contributed by atoms with Crippen molar-refractivity contribution in [2.75, 3.05) is 33.5 Å². The van der Waals surface area contributed by atoms with E-state index < -0.39 is 0 Å². The van der Waals surface area contributed by atoms with Crippen LogP contribution < -0.4 is 5.32 Å². The molecule has 3 nitrogen and oxygen atoms in total. The number of methoxy groups -OCH3 is 1. The molecule has 0 aliphatic carbocycles. The van der Waals surface area contributed by atoms with Crippen LogP contribution in [-0.4, -0.2) is 33.5 Å². The molecule has 96 valence electrons. The molecule has 1 rings (SSSR count). The van der Waals surface area contributed by atoms with Gasteiger partial charge in [-0.25, -0.2) is 0 Å². The summed E-state index contributed by atoms with van der Waals surface area (Å²) in [4.78, 5) is 0. The predicted octanol–water partition coefficient (Wildman–Crippen LogP) is 2.39. The molecule has 0 fully saturated rings. The van der Waals surface area contributed by atoms with Gasteiger partial charge in [-0.05, 0) is 25.5 Å². The third-order valence-corrected chi connectivity index (χ3v) is 2.60. The van der Waals surface area contributed by atoms with Gasteiger partial charge in [0.2, 0.25) is 0 Å². The van der Waals surface area contributed by atoms with Gasteiger partial charge in [0, 0.05) is 20.3 Å². The number of hydrogen-bond donors (Lipinski definition) is 1. The summed E-state index contributed by atoms with van der Waals surface area (Å²) >= 11 is 0. The number of nitrogens with one attached hydrogen (secondary N) is 1. The fourth-order valence-corrected chi connectivity index (χ4v) is 1.72. The van der Waals surface area contributed by atoms with Crippen molar-refractivity contribution in [2.45, 2.75) is 19.4 Å². The molecule has 1 aromatic carbocycles. The fraction of sp³-hybridized carbons (Fsp3) is 0.571. The Morgan fingerprint density at radius 1 is 1.24 bits per heavy atom. The van der Waals surface area contributed by atoms with Crippen molar-refractivity contribution in [3.63, 3.8) is 0 Å². The zero-order valence-corrected chi connectivity index (χ0v) is 10.8. The van der Waals surface area contributed by atoms with Gasteiger partial charge in [-0.2, -0.15) is 0 Å². The molecule has 3 heteroatoms. The monoisotopic (exact) mass is 237 g/mol. The molecule has 17 heavy (non-hydrogen) atoms. The van der Waals surface area contributed by atoms with E-state index in [4.69, 9.17) is 9.47 Å². The molecule has 0 amide bonds. The maximum absolute atomic E-state index is 5.31. The molecule has 0 radical (unpaired) electrons. The third kappa shape index (κ3) is 5.82. The van der Waals surface area contributed by atoms with Crippen LogP contribution in [0.4, 0.5) is 0 Å². The van der Waals surface area contributed by atoms with Crippen LogP contribution in [-0.2, 0) is 9.47 Å². The maximum atomic E-state index is 5.31. The van der Waals surface area contributed by atoms with Crippen LogP contribution >= 0.6 is 0 Å². The largest absolute Gasteiger partial charge is 0.383 e. The lowest BCUT2D eigenvalue weighted by molar-refractivity contribution is 0.138. The average molecular weight is 237 g/mol. The number of benzene rings is 1. The molecule has 0 aliphatic rings. The standard InChI is InChI=1S/C14H23NO2/c1-3-17-11-7-10-15-14(12-16-2)13-8-5-4-6-9-13/h4-6,8-9,14-15H,3,7,10-12H2,1-2H3. The van der Waals surface area contributed by atoms with Gasteiger partial charge in [0.25, 0.3) is 0 Å². The Bertz CT molecular complexity index is 277. The van der Waals surface area contributed by atoms with Crippen LogP contribution in [0, 0.1) is 0 Å². The van der Waals surface area contributed by atoms with E-state index in [2.05, 4.69) is 29.6 Å². The maximum Gasteiger partial charge on any atom is 0.0657 e. The summed E-state index contributed by atoms with van der Waals surface area (Å²) in [5, 5.41) is 3.49. The quantitative estimate of drug-likeness (QED) is 0.669. The fourth-order valence-electron chi connectivity index (χ4n) is 1.72. The first kappa shape index (κ1) is 14.2. The Morgan fingerprint density at radius 3 is 2.65 bits per heavy atom. The smallest absolute Gasteiger partial charge is 0.0657 e. The number of ether oxygens (including phenoxy) is 2. The Kier molecular flexibility index (Phi) is 7.63. The van der Waals surface area contributed by atoms with Gasteiger partial charge in [0.15, 0.2) is 0 Å². The first-order valence-electron chi connectivity index (χ1n) is 6.23. The van der Waals surface area contributed by atoms with E-state index in [9.17, 15) is 0 Å². The SMILES string of the molecule is CCOCCCNC(COC)c1ccccc1. The molecule has 0 saturated carbocycles. The summed E-state index contributed by atoms with van der Waals surface area (Å²) in [5.41, 5.74) is 1.27. The van der Waals surface area contributed by atoms with E-state index in [0.717, 1.165) is 26.2 Å². The van der Waals surface area contributed by atoms with E-state index >= 15 is 0 Å². The number of hydrogen-bond acceptors (Lipinski definition) is 3. The van der Waals surface area contributed by atoms with Crippen LogP contribution in [0.15, 0.2) is 30.3 Å². The minimum Gasteiger partial charge on any atom is -0.383 e. The van der Waals surface area contributed by atoms with Gasteiger partial charge in [0.05, 0.1) is 12.6 Å². The van der Waals surface area contributed by atoms with Gasteiger partial charge in [-0.15, -0.1) is 0 Å². The van der Waals surface area contributed by atoms with E-state index in [1.807, 2.05) is 13.0 Å². The van der Waals surface area contributed by atoms with Gasteiger partial charge in [0.1, 0.15) is 0 Å². The first-order chi connectivity index (χ1) is 8.38. The molecule has 0 heterocycles. The molecular formula is C14H23NO2. The highest BCUT2D eigenvalue weighted by molar-refractivity contribution is 5.18. The summed E-state index contributed by atoms with van der Waals surface area (Å²) in [6.07, 6.45) is 1.03. The van der Waals surface area contributed by atoms with Crippen molar-refractivity contribution in [1.82, 2.24) is 5.32 Å². The minimum absolute atomic E-state index is 0.267. The summed E-state index contributed by atoms with van der Waals surface area (Å²) < 4.78 is 10.6. The Balaban J connectivity index is 2.33. The van der Waals surface area contributed by atoms with Crippen molar-refractivity contribution in [3.8, 4) is 0 Å².